The lowest BCUT2D eigenvalue weighted by Crippen LogP contribution is -3.15. The minimum absolute atomic E-state index is 0.0202. The first-order valence-electron chi connectivity index (χ1n) is 8.91. The van der Waals surface area contributed by atoms with Crippen LogP contribution in [0.25, 0.3) is 0 Å². The maximum Gasteiger partial charge on any atom is 0.410 e. The molecule has 2 rings (SSSR count). The summed E-state index contributed by atoms with van der Waals surface area (Å²) in [6.07, 6.45) is -0.274. The first kappa shape index (κ1) is 19.8. The Bertz CT molecular complexity index is 588. The zero-order valence-electron chi connectivity index (χ0n) is 15.5. The molecule has 1 aliphatic rings. The summed E-state index contributed by atoms with van der Waals surface area (Å²) in [7, 11) is 1.59. The van der Waals surface area contributed by atoms with Gasteiger partial charge in [-0.3, -0.25) is 9.69 Å². The number of hydrogen-bond donors (Lipinski definition) is 2. The lowest BCUT2D eigenvalue weighted by molar-refractivity contribution is -0.896. The van der Waals surface area contributed by atoms with Gasteiger partial charge in [-0.2, -0.15) is 0 Å². The smallest absolute Gasteiger partial charge is 0.410 e. The van der Waals surface area contributed by atoms with Crippen LogP contribution in [0.3, 0.4) is 0 Å². The monoisotopic (exact) mass is 366 g/mol. The lowest BCUT2D eigenvalue weighted by Gasteiger charge is -2.31. The van der Waals surface area contributed by atoms with Crippen molar-refractivity contribution in [1.29, 1.82) is 0 Å². The number of para-hydroxylation sites is 2. The molecule has 144 valence electrons. The summed E-state index contributed by atoms with van der Waals surface area (Å²) in [5.74, 6) is 1.31. The van der Waals surface area contributed by atoms with E-state index in [1.165, 1.54) is 0 Å². The van der Waals surface area contributed by atoms with Gasteiger partial charge >= 0.3 is 6.09 Å². The molecular formula is C18H28N3O5+. The molecule has 26 heavy (non-hydrogen) atoms. The Labute approximate surface area is 154 Å². The van der Waals surface area contributed by atoms with Crippen LogP contribution in [0.2, 0.25) is 0 Å². The highest BCUT2D eigenvalue weighted by molar-refractivity contribution is 5.76. The van der Waals surface area contributed by atoms with Gasteiger partial charge in [-0.1, -0.05) is 12.1 Å². The van der Waals surface area contributed by atoms with Gasteiger partial charge in [-0.05, 0) is 19.1 Å². The number of carbonyl (C=O) groups is 2. The maximum absolute atomic E-state index is 12.0. The van der Waals surface area contributed by atoms with Crippen molar-refractivity contribution in [1.82, 2.24) is 10.2 Å². The third-order valence-corrected chi connectivity index (χ3v) is 4.16. The standard InChI is InChI=1S/C18H27N3O5/c1-3-25-18(23)21-11-9-20(10-12-21)14-17(22)19-8-13-26-16-7-5-4-6-15(16)24-2/h4-7H,3,8-14H2,1-2H3,(H,19,22)/p+1. The maximum atomic E-state index is 12.0. The van der Waals surface area contributed by atoms with Crippen LogP contribution in [0.5, 0.6) is 11.5 Å². The molecule has 8 nitrogen and oxygen atoms in total. The van der Waals surface area contributed by atoms with E-state index in [9.17, 15) is 9.59 Å². The Hall–Kier alpha value is -2.48. The first-order chi connectivity index (χ1) is 12.6. The third kappa shape index (κ3) is 6.11. The van der Waals surface area contributed by atoms with Crippen LogP contribution in [0, 0.1) is 0 Å². The van der Waals surface area contributed by atoms with Crippen LogP contribution in [0.4, 0.5) is 4.79 Å². The van der Waals surface area contributed by atoms with Crippen molar-refractivity contribution in [3.05, 3.63) is 24.3 Å². The van der Waals surface area contributed by atoms with Crippen LogP contribution in [-0.4, -0.2) is 76.5 Å². The van der Waals surface area contributed by atoms with E-state index in [0.717, 1.165) is 18.0 Å². The summed E-state index contributed by atoms with van der Waals surface area (Å²) in [4.78, 5) is 26.5. The Balaban J connectivity index is 1.62. The molecule has 0 atom stereocenters. The lowest BCUT2D eigenvalue weighted by atomic mass is 10.3. The Morgan fingerprint density at radius 1 is 1.19 bits per heavy atom. The molecule has 0 bridgehead atoms. The fourth-order valence-corrected chi connectivity index (χ4v) is 2.78. The van der Waals surface area contributed by atoms with Crippen LogP contribution < -0.4 is 19.7 Å². The molecule has 0 radical (unpaired) electrons. The third-order valence-electron chi connectivity index (χ3n) is 4.16. The van der Waals surface area contributed by atoms with Crippen molar-refractivity contribution < 1.29 is 28.7 Å². The van der Waals surface area contributed by atoms with E-state index in [2.05, 4.69) is 5.32 Å². The van der Waals surface area contributed by atoms with E-state index in [4.69, 9.17) is 14.2 Å². The Morgan fingerprint density at radius 3 is 2.54 bits per heavy atom. The van der Waals surface area contributed by atoms with Crippen molar-refractivity contribution in [2.75, 3.05) is 59.6 Å². The van der Waals surface area contributed by atoms with Gasteiger partial charge in [0.15, 0.2) is 18.0 Å². The molecule has 1 aliphatic heterocycles. The van der Waals surface area contributed by atoms with Gasteiger partial charge < -0.3 is 24.4 Å². The molecule has 1 aromatic rings. The summed E-state index contributed by atoms with van der Waals surface area (Å²) in [6, 6.07) is 7.40. The van der Waals surface area contributed by atoms with E-state index in [1.807, 2.05) is 24.3 Å². The molecule has 0 saturated carbocycles. The fraction of sp³-hybridized carbons (Fsp3) is 0.556. The van der Waals surface area contributed by atoms with Crippen LogP contribution in [-0.2, 0) is 9.53 Å². The predicted molar refractivity (Wildman–Crippen MR) is 95.7 cm³/mol. The summed E-state index contributed by atoms with van der Waals surface area (Å²) in [5.41, 5.74) is 0. The number of quaternary nitrogens is 1. The van der Waals surface area contributed by atoms with Gasteiger partial charge in [0.2, 0.25) is 0 Å². The van der Waals surface area contributed by atoms with Gasteiger partial charge in [0.25, 0.3) is 5.91 Å². The Morgan fingerprint density at radius 2 is 1.88 bits per heavy atom. The second kappa shape index (κ2) is 10.5. The number of rotatable bonds is 8. The molecule has 1 heterocycles. The predicted octanol–water partition coefficient (Wildman–Crippen LogP) is -0.453. The van der Waals surface area contributed by atoms with E-state index >= 15 is 0 Å². The second-order valence-electron chi connectivity index (χ2n) is 5.96. The van der Waals surface area contributed by atoms with E-state index in [1.54, 1.807) is 18.9 Å². The summed E-state index contributed by atoms with van der Waals surface area (Å²) < 4.78 is 15.8. The number of ether oxygens (including phenoxy) is 3. The molecule has 8 heteroatoms. The Kier molecular flexibility index (Phi) is 8.01. The van der Waals surface area contributed by atoms with Crippen molar-refractivity contribution in [2.45, 2.75) is 6.92 Å². The van der Waals surface area contributed by atoms with Gasteiger partial charge in [0.1, 0.15) is 6.61 Å². The van der Waals surface area contributed by atoms with Crippen molar-refractivity contribution in [2.24, 2.45) is 0 Å². The van der Waals surface area contributed by atoms with Crippen molar-refractivity contribution >= 4 is 12.0 Å². The minimum Gasteiger partial charge on any atom is -0.493 e. The molecule has 0 spiro atoms. The van der Waals surface area contributed by atoms with Gasteiger partial charge in [-0.25, -0.2) is 4.79 Å². The molecular weight excluding hydrogens is 338 g/mol. The quantitative estimate of drug-likeness (QED) is 0.609. The number of nitrogens with zero attached hydrogens (tertiary/aromatic N) is 1. The number of carbonyl (C=O) groups excluding carboxylic acids is 2. The van der Waals surface area contributed by atoms with Gasteiger partial charge in [-0.15, -0.1) is 0 Å². The zero-order valence-corrected chi connectivity index (χ0v) is 15.5. The van der Waals surface area contributed by atoms with Gasteiger partial charge in [0, 0.05) is 0 Å². The molecule has 1 aromatic carbocycles. The van der Waals surface area contributed by atoms with Crippen LogP contribution in [0.1, 0.15) is 6.92 Å². The summed E-state index contributed by atoms with van der Waals surface area (Å²) in [6.45, 7) is 6.07. The number of amides is 2. The van der Waals surface area contributed by atoms with Crippen molar-refractivity contribution in [3.8, 4) is 11.5 Å². The largest absolute Gasteiger partial charge is 0.493 e. The van der Waals surface area contributed by atoms with Crippen LogP contribution >= 0.6 is 0 Å². The normalized spacial score (nSPS) is 14.6. The topological polar surface area (TPSA) is 81.5 Å². The molecule has 2 amide bonds. The molecule has 0 aromatic heterocycles. The number of piperazine rings is 1. The zero-order chi connectivity index (χ0) is 18.8. The molecule has 2 N–H and O–H groups in total. The summed E-state index contributed by atoms with van der Waals surface area (Å²) >= 11 is 0. The molecule has 1 saturated heterocycles. The second-order valence-corrected chi connectivity index (χ2v) is 5.96. The van der Waals surface area contributed by atoms with E-state index < -0.39 is 0 Å². The average molecular weight is 366 g/mol. The molecule has 0 unspecified atom stereocenters. The first-order valence-corrected chi connectivity index (χ1v) is 8.91. The van der Waals surface area contributed by atoms with E-state index in [0.29, 0.717) is 50.9 Å². The SMILES string of the molecule is CCOC(=O)N1CC[NH+](CC(=O)NCCOc2ccccc2OC)CC1. The highest BCUT2D eigenvalue weighted by Gasteiger charge is 2.25. The highest BCUT2D eigenvalue weighted by Crippen LogP contribution is 2.25. The highest BCUT2D eigenvalue weighted by atomic mass is 16.6. The number of methoxy groups -OCH3 is 1. The van der Waals surface area contributed by atoms with Crippen molar-refractivity contribution in [3.63, 3.8) is 0 Å². The van der Waals surface area contributed by atoms with Gasteiger partial charge in [0.05, 0.1) is 46.4 Å². The van der Waals surface area contributed by atoms with E-state index in [-0.39, 0.29) is 12.0 Å². The number of hydrogen-bond acceptors (Lipinski definition) is 5. The molecule has 0 aliphatic carbocycles. The average Bonchev–Trinajstić information content (AvgIpc) is 2.66. The number of nitrogens with one attached hydrogen (secondary N) is 2. The fourth-order valence-electron chi connectivity index (χ4n) is 2.78. The summed E-state index contributed by atoms with van der Waals surface area (Å²) in [5, 5.41) is 2.86. The number of benzene rings is 1. The van der Waals surface area contributed by atoms with Crippen LogP contribution in [0.15, 0.2) is 24.3 Å². The molecule has 1 fully saturated rings. The minimum atomic E-state index is -0.274.